The molecule has 0 aliphatic rings. The number of hydrogen-bond donors (Lipinski definition) is 1. The summed E-state index contributed by atoms with van der Waals surface area (Å²) in [4.78, 5) is 17.5. The fourth-order valence-electron chi connectivity index (χ4n) is 2.24. The van der Waals surface area contributed by atoms with Crippen molar-refractivity contribution < 1.29 is 22.8 Å². The number of nitrogens with zero attached hydrogens (tertiary/aromatic N) is 2. The Kier molecular flexibility index (Phi) is 6.02. The van der Waals surface area contributed by atoms with E-state index in [2.05, 4.69) is 20.2 Å². The second-order valence-corrected chi connectivity index (χ2v) is 6.39. The number of rotatable bonds is 7. The molecule has 27 heavy (non-hydrogen) atoms. The highest BCUT2D eigenvalue weighted by atomic mass is 32.2. The molecular weight excluding hydrogens is 376 g/mol. The molecule has 0 radical (unpaired) electrons. The number of alkyl halides is 2. The number of ether oxygens (including phenoxy) is 1. The predicted molar refractivity (Wildman–Crippen MR) is 96.1 cm³/mol. The van der Waals surface area contributed by atoms with Gasteiger partial charge in [0.1, 0.15) is 5.75 Å². The molecule has 0 saturated heterocycles. The van der Waals surface area contributed by atoms with Crippen molar-refractivity contribution in [1.29, 1.82) is 0 Å². The van der Waals surface area contributed by atoms with Crippen molar-refractivity contribution >= 4 is 23.4 Å². The van der Waals surface area contributed by atoms with Gasteiger partial charge >= 0.3 is 6.61 Å². The van der Waals surface area contributed by atoms with E-state index < -0.39 is 6.61 Å². The molecule has 0 aliphatic carbocycles. The largest absolute Gasteiger partial charge is 0.435 e. The Morgan fingerprint density at radius 3 is 2.63 bits per heavy atom. The van der Waals surface area contributed by atoms with Gasteiger partial charge in [0.25, 0.3) is 5.91 Å². The first-order chi connectivity index (χ1) is 13.0. The molecule has 0 fully saturated rings. The van der Waals surface area contributed by atoms with Crippen LogP contribution in [-0.4, -0.2) is 22.7 Å². The van der Waals surface area contributed by atoms with E-state index in [1.807, 2.05) is 12.1 Å². The van der Waals surface area contributed by atoms with E-state index >= 15 is 0 Å². The Labute approximate surface area is 157 Å². The maximum Gasteiger partial charge on any atom is 0.387 e. The summed E-state index contributed by atoms with van der Waals surface area (Å²) in [6, 6.07) is 12.8. The number of aromatic nitrogens is 2. The number of anilines is 1. The van der Waals surface area contributed by atoms with Crippen LogP contribution in [0.3, 0.4) is 0 Å². The first-order valence-corrected chi connectivity index (χ1v) is 8.87. The second kappa shape index (κ2) is 8.63. The van der Waals surface area contributed by atoms with E-state index in [1.54, 1.807) is 19.1 Å². The Hall–Kier alpha value is -2.94. The first kappa shape index (κ1) is 18.8. The minimum Gasteiger partial charge on any atom is -0.435 e. The van der Waals surface area contributed by atoms with Gasteiger partial charge in [0.15, 0.2) is 5.82 Å². The lowest BCUT2D eigenvalue weighted by atomic mass is 10.2. The van der Waals surface area contributed by atoms with Crippen LogP contribution < -0.4 is 10.1 Å². The third-order valence-corrected chi connectivity index (χ3v) is 4.46. The Morgan fingerprint density at radius 2 is 1.96 bits per heavy atom. The van der Waals surface area contributed by atoms with Gasteiger partial charge in [0.2, 0.25) is 5.89 Å². The molecule has 1 aromatic heterocycles. The van der Waals surface area contributed by atoms with Crippen molar-refractivity contribution in [2.24, 2.45) is 0 Å². The van der Waals surface area contributed by atoms with E-state index in [1.165, 1.54) is 36.0 Å². The number of amides is 1. The predicted octanol–water partition coefficient (Wildman–Crippen LogP) is 4.52. The van der Waals surface area contributed by atoms with Crippen molar-refractivity contribution in [2.75, 3.05) is 5.32 Å². The number of carbonyl (C=O) groups excluding carboxylic acids is 1. The summed E-state index contributed by atoms with van der Waals surface area (Å²) in [6.45, 7) is -1.18. The van der Waals surface area contributed by atoms with Gasteiger partial charge in [0, 0.05) is 17.5 Å². The molecule has 3 rings (SSSR count). The molecule has 0 spiro atoms. The van der Waals surface area contributed by atoms with Crippen LogP contribution in [0, 0.1) is 6.92 Å². The molecule has 0 unspecified atom stereocenters. The van der Waals surface area contributed by atoms with Gasteiger partial charge in [-0.05, 0) is 36.4 Å². The molecule has 140 valence electrons. The summed E-state index contributed by atoms with van der Waals surface area (Å²) in [6.07, 6.45) is 0. The standard InChI is InChI=1S/C18H15F2N3O3S/c1-11-21-16(23-26-11)10-27-15-5-3-2-4-14(15)17(24)22-12-6-8-13(9-7-12)25-18(19)20/h2-9,18H,10H2,1H3,(H,22,24). The Bertz CT molecular complexity index is 916. The van der Waals surface area contributed by atoms with E-state index in [0.717, 1.165) is 4.90 Å². The molecule has 2 aromatic carbocycles. The van der Waals surface area contributed by atoms with Crippen LogP contribution in [0.15, 0.2) is 57.9 Å². The lowest BCUT2D eigenvalue weighted by Crippen LogP contribution is -2.13. The van der Waals surface area contributed by atoms with E-state index in [-0.39, 0.29) is 11.7 Å². The van der Waals surface area contributed by atoms with Crippen LogP contribution in [0.4, 0.5) is 14.5 Å². The van der Waals surface area contributed by atoms with Gasteiger partial charge in [0.05, 0.1) is 11.3 Å². The van der Waals surface area contributed by atoms with Crippen LogP contribution in [0.5, 0.6) is 5.75 Å². The van der Waals surface area contributed by atoms with Crippen LogP contribution >= 0.6 is 11.8 Å². The van der Waals surface area contributed by atoms with Gasteiger partial charge in [-0.25, -0.2) is 0 Å². The minimum atomic E-state index is -2.89. The molecule has 0 saturated carbocycles. The lowest BCUT2D eigenvalue weighted by molar-refractivity contribution is -0.0498. The summed E-state index contributed by atoms with van der Waals surface area (Å²) in [5, 5.41) is 6.57. The van der Waals surface area contributed by atoms with Crippen LogP contribution in [0.25, 0.3) is 0 Å². The molecule has 6 nitrogen and oxygen atoms in total. The van der Waals surface area contributed by atoms with Gasteiger partial charge in [-0.1, -0.05) is 17.3 Å². The number of thioether (sulfide) groups is 1. The lowest BCUT2D eigenvalue weighted by Gasteiger charge is -2.10. The smallest absolute Gasteiger partial charge is 0.387 e. The highest BCUT2D eigenvalue weighted by Gasteiger charge is 2.13. The summed E-state index contributed by atoms with van der Waals surface area (Å²) in [7, 11) is 0. The first-order valence-electron chi connectivity index (χ1n) is 7.88. The summed E-state index contributed by atoms with van der Waals surface area (Å²) in [5.41, 5.74) is 0.950. The van der Waals surface area contributed by atoms with Crippen molar-refractivity contribution in [1.82, 2.24) is 10.1 Å². The number of carbonyl (C=O) groups is 1. The average Bonchev–Trinajstić information content (AvgIpc) is 3.07. The highest BCUT2D eigenvalue weighted by Crippen LogP contribution is 2.26. The summed E-state index contributed by atoms with van der Waals surface area (Å²) in [5.74, 6) is 1.19. The zero-order valence-corrected chi connectivity index (χ0v) is 15.0. The number of halogens is 2. The minimum absolute atomic E-state index is 0.0226. The molecule has 9 heteroatoms. The molecule has 3 aromatic rings. The molecule has 0 bridgehead atoms. The van der Waals surface area contributed by atoms with Crippen LogP contribution in [0.1, 0.15) is 22.1 Å². The van der Waals surface area contributed by atoms with Crippen LogP contribution in [-0.2, 0) is 5.75 Å². The van der Waals surface area contributed by atoms with Crippen molar-refractivity contribution in [2.45, 2.75) is 24.2 Å². The third kappa shape index (κ3) is 5.27. The van der Waals surface area contributed by atoms with Gasteiger partial charge < -0.3 is 14.6 Å². The third-order valence-electron chi connectivity index (χ3n) is 3.40. The fourth-order valence-corrected chi connectivity index (χ4v) is 3.13. The quantitative estimate of drug-likeness (QED) is 0.597. The maximum atomic E-state index is 12.6. The summed E-state index contributed by atoms with van der Waals surface area (Å²) >= 11 is 1.41. The van der Waals surface area contributed by atoms with Crippen molar-refractivity contribution in [3.8, 4) is 5.75 Å². The molecule has 0 aliphatic heterocycles. The highest BCUT2D eigenvalue weighted by molar-refractivity contribution is 7.98. The van der Waals surface area contributed by atoms with Gasteiger partial charge in [-0.2, -0.15) is 13.8 Å². The summed E-state index contributed by atoms with van der Waals surface area (Å²) < 4.78 is 33.6. The van der Waals surface area contributed by atoms with E-state index in [0.29, 0.717) is 28.7 Å². The monoisotopic (exact) mass is 391 g/mol. The van der Waals surface area contributed by atoms with Crippen LogP contribution in [0.2, 0.25) is 0 Å². The Balaban J connectivity index is 1.67. The van der Waals surface area contributed by atoms with Gasteiger partial charge in [-0.15, -0.1) is 11.8 Å². The number of hydrogen-bond acceptors (Lipinski definition) is 6. The maximum absolute atomic E-state index is 12.6. The molecular formula is C18H15F2N3O3S. The Morgan fingerprint density at radius 1 is 1.22 bits per heavy atom. The van der Waals surface area contributed by atoms with E-state index in [4.69, 9.17) is 4.52 Å². The zero-order chi connectivity index (χ0) is 19.2. The SMILES string of the molecule is Cc1nc(CSc2ccccc2C(=O)Nc2ccc(OC(F)F)cc2)no1. The molecule has 0 atom stereocenters. The number of aryl methyl sites for hydroxylation is 1. The fraction of sp³-hybridized carbons (Fsp3) is 0.167. The van der Waals surface area contributed by atoms with E-state index in [9.17, 15) is 13.6 Å². The zero-order valence-electron chi connectivity index (χ0n) is 14.2. The topological polar surface area (TPSA) is 77.2 Å². The van der Waals surface area contributed by atoms with Crippen molar-refractivity contribution in [3.05, 3.63) is 65.8 Å². The van der Waals surface area contributed by atoms with Gasteiger partial charge in [-0.3, -0.25) is 4.79 Å². The van der Waals surface area contributed by atoms with Crippen molar-refractivity contribution in [3.63, 3.8) is 0 Å². The normalized spacial score (nSPS) is 10.8. The molecule has 1 heterocycles. The second-order valence-electron chi connectivity index (χ2n) is 5.37. The molecule has 1 N–H and O–H groups in total. The molecule has 1 amide bonds. The number of benzene rings is 2. The number of nitrogens with one attached hydrogen (secondary N) is 1. The average molecular weight is 391 g/mol.